The summed E-state index contributed by atoms with van der Waals surface area (Å²) in [7, 11) is 2.80. The molecule has 0 N–H and O–H groups in total. The van der Waals surface area contributed by atoms with E-state index in [9.17, 15) is 0 Å². The first-order valence-corrected chi connectivity index (χ1v) is 8.52. The third-order valence-corrected chi connectivity index (χ3v) is 5.83. The lowest BCUT2D eigenvalue weighted by atomic mass is 10.0. The molecule has 9 heteroatoms. The molecular weight excluding hydrogens is 448 g/mol. The molecule has 0 heterocycles. The first kappa shape index (κ1) is 19.4. The van der Waals surface area contributed by atoms with Crippen molar-refractivity contribution < 1.29 is 9.47 Å². The van der Waals surface area contributed by atoms with Gasteiger partial charge in [-0.25, -0.2) is 0 Å². The van der Waals surface area contributed by atoms with Crippen LogP contribution < -0.4 is 9.47 Å². The number of ether oxygens (including phenoxy) is 2. The number of halogens is 7. The van der Waals surface area contributed by atoms with E-state index in [2.05, 4.69) is 0 Å². The Morgan fingerprint density at radius 3 is 1.48 bits per heavy atom. The zero-order valence-electron chi connectivity index (χ0n) is 11.5. The van der Waals surface area contributed by atoms with E-state index in [1.165, 1.54) is 20.3 Å². The van der Waals surface area contributed by atoms with Crippen molar-refractivity contribution >= 4 is 81.2 Å². The molecule has 0 aromatic heterocycles. The Morgan fingerprint density at radius 1 is 0.609 bits per heavy atom. The first-order chi connectivity index (χ1) is 10.8. The smallest absolute Gasteiger partial charge is 0.159 e. The maximum atomic E-state index is 6.34. The van der Waals surface area contributed by atoms with Crippen LogP contribution in [-0.2, 0) is 0 Å². The summed E-state index contributed by atoms with van der Waals surface area (Å²) in [6.45, 7) is 0. The lowest BCUT2D eigenvalue weighted by molar-refractivity contribution is 0.415. The summed E-state index contributed by atoms with van der Waals surface area (Å²) in [6.07, 6.45) is 0. The highest BCUT2D eigenvalue weighted by Gasteiger charge is 2.26. The van der Waals surface area contributed by atoms with Gasteiger partial charge in [-0.1, -0.05) is 81.2 Å². The second-order valence-electron chi connectivity index (χ2n) is 4.23. The Labute approximate surface area is 168 Å². The van der Waals surface area contributed by atoms with Crippen LogP contribution in [0.3, 0.4) is 0 Å². The summed E-state index contributed by atoms with van der Waals surface area (Å²) in [4.78, 5) is 0. The zero-order valence-corrected chi connectivity index (χ0v) is 16.8. The van der Waals surface area contributed by atoms with Gasteiger partial charge in [0.25, 0.3) is 0 Å². The van der Waals surface area contributed by atoms with Crippen LogP contribution in [0.1, 0.15) is 0 Å². The summed E-state index contributed by atoms with van der Waals surface area (Å²) in [5, 5.41) is 0.960. The fraction of sp³-hybridized carbons (Fsp3) is 0.143. The van der Waals surface area contributed by atoms with Crippen molar-refractivity contribution in [2.24, 2.45) is 0 Å². The molecule has 0 bridgehead atoms. The van der Waals surface area contributed by atoms with Crippen molar-refractivity contribution in [2.45, 2.75) is 0 Å². The minimum Gasteiger partial charge on any atom is -0.494 e. The van der Waals surface area contributed by atoms with Crippen LogP contribution in [0.25, 0.3) is 11.1 Å². The van der Waals surface area contributed by atoms with Gasteiger partial charge in [-0.3, -0.25) is 0 Å². The van der Waals surface area contributed by atoms with Crippen molar-refractivity contribution in [1.29, 1.82) is 0 Å². The Hall–Kier alpha value is 0.0700. The summed E-state index contributed by atoms with van der Waals surface area (Å²) in [5.41, 5.74) is 0.672. The van der Waals surface area contributed by atoms with Crippen LogP contribution in [0.5, 0.6) is 11.5 Å². The Morgan fingerprint density at radius 2 is 1.04 bits per heavy atom. The highest BCUT2D eigenvalue weighted by molar-refractivity contribution is 6.52. The highest BCUT2D eigenvalue weighted by Crippen LogP contribution is 2.53. The second kappa shape index (κ2) is 7.53. The third-order valence-electron chi connectivity index (χ3n) is 3.02. The standard InChI is InChI=1S/C14H7Cl7O2/c1-22-13-7(16)4(3-5(15)8(13)17)6-9(18)11(20)14(23-2)12(21)10(6)19/h3H,1-2H3. The number of benzene rings is 2. The molecule has 0 fully saturated rings. The molecule has 0 atom stereocenters. The molecule has 0 saturated heterocycles. The summed E-state index contributed by atoms with van der Waals surface area (Å²) in [6, 6.07) is 1.50. The first-order valence-electron chi connectivity index (χ1n) is 5.87. The van der Waals surface area contributed by atoms with Crippen molar-refractivity contribution in [3.05, 3.63) is 41.2 Å². The van der Waals surface area contributed by atoms with E-state index >= 15 is 0 Å². The van der Waals surface area contributed by atoms with Gasteiger partial charge < -0.3 is 9.47 Å². The van der Waals surface area contributed by atoms with E-state index < -0.39 is 0 Å². The number of hydrogen-bond acceptors (Lipinski definition) is 2. The van der Waals surface area contributed by atoms with E-state index in [4.69, 9.17) is 90.7 Å². The van der Waals surface area contributed by atoms with Gasteiger partial charge in [-0.2, -0.15) is 0 Å². The van der Waals surface area contributed by atoms with Crippen molar-refractivity contribution in [3.8, 4) is 22.6 Å². The fourth-order valence-electron chi connectivity index (χ4n) is 1.97. The summed E-state index contributed by atoms with van der Waals surface area (Å²) < 4.78 is 10.3. The third kappa shape index (κ3) is 3.28. The summed E-state index contributed by atoms with van der Waals surface area (Å²) in [5.74, 6) is 0.348. The SMILES string of the molecule is COc1c(Cl)c(Cl)cc(-c2c(Cl)c(Cl)c(OC)c(Cl)c2Cl)c1Cl. The Kier molecular flexibility index (Phi) is 6.35. The molecular formula is C14H7Cl7O2. The maximum absolute atomic E-state index is 6.34. The van der Waals surface area contributed by atoms with Gasteiger partial charge in [0.05, 0.1) is 34.3 Å². The number of rotatable bonds is 3. The predicted octanol–water partition coefficient (Wildman–Crippen LogP) is 7.94. The maximum Gasteiger partial charge on any atom is 0.159 e. The molecule has 0 aliphatic carbocycles. The topological polar surface area (TPSA) is 18.5 Å². The van der Waals surface area contributed by atoms with E-state index in [1.54, 1.807) is 0 Å². The average Bonchev–Trinajstić information content (AvgIpc) is 2.52. The Balaban J connectivity index is 2.91. The molecule has 124 valence electrons. The largest absolute Gasteiger partial charge is 0.494 e. The molecule has 0 unspecified atom stereocenters. The minimum atomic E-state index is 0.0969. The molecule has 0 saturated carbocycles. The van der Waals surface area contributed by atoms with Gasteiger partial charge in [-0.05, 0) is 6.07 Å². The van der Waals surface area contributed by atoms with Gasteiger partial charge in [-0.15, -0.1) is 0 Å². The zero-order chi connectivity index (χ0) is 17.5. The molecule has 0 radical (unpaired) electrons. The number of hydrogen-bond donors (Lipinski definition) is 0. The monoisotopic (exact) mass is 452 g/mol. The van der Waals surface area contributed by atoms with Crippen molar-refractivity contribution in [2.75, 3.05) is 14.2 Å². The lowest BCUT2D eigenvalue weighted by Gasteiger charge is -2.18. The van der Waals surface area contributed by atoms with Gasteiger partial charge in [0.2, 0.25) is 0 Å². The molecule has 2 rings (SSSR count). The van der Waals surface area contributed by atoms with Crippen molar-refractivity contribution in [3.63, 3.8) is 0 Å². The van der Waals surface area contributed by atoms with Gasteiger partial charge in [0.15, 0.2) is 11.5 Å². The van der Waals surface area contributed by atoms with Crippen molar-refractivity contribution in [1.82, 2.24) is 0 Å². The van der Waals surface area contributed by atoms with Crippen LogP contribution >= 0.6 is 81.2 Å². The molecule has 0 spiro atoms. The molecule has 2 aromatic rings. The predicted molar refractivity (Wildman–Crippen MR) is 100 cm³/mol. The van der Waals surface area contributed by atoms with E-state index in [1.807, 2.05) is 0 Å². The van der Waals surface area contributed by atoms with Gasteiger partial charge in [0, 0.05) is 11.1 Å². The van der Waals surface area contributed by atoms with Crippen LogP contribution in [0, 0.1) is 0 Å². The second-order valence-corrected chi connectivity index (χ2v) is 6.91. The fourth-order valence-corrected chi connectivity index (χ4v) is 3.95. The average molecular weight is 455 g/mol. The Bertz CT molecular complexity index is 761. The quantitative estimate of drug-likeness (QED) is 0.438. The summed E-state index contributed by atoms with van der Waals surface area (Å²) >= 11 is 43.5. The molecule has 0 aliphatic rings. The molecule has 2 nitrogen and oxygen atoms in total. The highest BCUT2D eigenvalue weighted by atomic mass is 35.5. The molecule has 2 aromatic carbocycles. The molecule has 23 heavy (non-hydrogen) atoms. The normalized spacial score (nSPS) is 10.8. The molecule has 0 amide bonds. The van der Waals surface area contributed by atoms with Crippen LogP contribution in [0.4, 0.5) is 0 Å². The lowest BCUT2D eigenvalue weighted by Crippen LogP contribution is -1.94. The van der Waals surface area contributed by atoms with E-state index in [0.29, 0.717) is 11.1 Å². The van der Waals surface area contributed by atoms with E-state index in [0.717, 1.165) is 0 Å². The number of methoxy groups -OCH3 is 2. The van der Waals surface area contributed by atoms with Crippen LogP contribution in [-0.4, -0.2) is 14.2 Å². The van der Waals surface area contributed by atoms with Gasteiger partial charge >= 0.3 is 0 Å². The van der Waals surface area contributed by atoms with Crippen LogP contribution in [0.2, 0.25) is 35.2 Å². The van der Waals surface area contributed by atoms with Gasteiger partial charge in [0.1, 0.15) is 15.1 Å². The van der Waals surface area contributed by atoms with Crippen LogP contribution in [0.15, 0.2) is 6.07 Å². The van der Waals surface area contributed by atoms with E-state index in [-0.39, 0.29) is 46.7 Å². The minimum absolute atomic E-state index is 0.0969. The molecule has 0 aliphatic heterocycles.